The van der Waals surface area contributed by atoms with Crippen LogP contribution in [-0.2, 0) is 9.59 Å². The highest BCUT2D eigenvalue weighted by Crippen LogP contribution is 1.99. The lowest BCUT2D eigenvalue weighted by molar-refractivity contribution is -0.132. The summed E-state index contributed by atoms with van der Waals surface area (Å²) < 4.78 is 0. The number of nitrogens with one attached hydrogen (secondary N) is 1. The Morgan fingerprint density at radius 3 is 2.06 bits per heavy atom. The van der Waals surface area contributed by atoms with Gasteiger partial charge in [-0.15, -0.1) is 0 Å². The SMILES string of the molecule is CCCCN(CCCC)C(=O)CNC(=O)CN. The van der Waals surface area contributed by atoms with Gasteiger partial charge >= 0.3 is 0 Å². The molecule has 0 saturated carbocycles. The fourth-order valence-electron chi connectivity index (χ4n) is 1.42. The summed E-state index contributed by atoms with van der Waals surface area (Å²) in [4.78, 5) is 24.6. The van der Waals surface area contributed by atoms with Gasteiger partial charge in [0.25, 0.3) is 0 Å². The highest BCUT2D eigenvalue weighted by atomic mass is 16.2. The van der Waals surface area contributed by atoms with Crippen molar-refractivity contribution in [3.05, 3.63) is 0 Å². The zero-order chi connectivity index (χ0) is 13.1. The minimum Gasteiger partial charge on any atom is -0.346 e. The van der Waals surface area contributed by atoms with Crippen LogP contribution in [0.5, 0.6) is 0 Å². The number of carbonyl (C=O) groups is 2. The largest absolute Gasteiger partial charge is 0.346 e. The standard InChI is InChI=1S/C12H25N3O2/c1-3-5-7-15(8-6-4-2)12(17)10-14-11(16)9-13/h3-10,13H2,1-2H3,(H,14,16). The lowest BCUT2D eigenvalue weighted by Crippen LogP contribution is -2.42. The Morgan fingerprint density at radius 2 is 1.65 bits per heavy atom. The van der Waals surface area contributed by atoms with Crippen LogP contribution in [0.15, 0.2) is 0 Å². The average Bonchev–Trinajstić information content (AvgIpc) is 2.35. The molecule has 0 aromatic carbocycles. The molecule has 0 radical (unpaired) electrons. The molecule has 0 unspecified atom stereocenters. The molecule has 0 bridgehead atoms. The summed E-state index contributed by atoms with van der Waals surface area (Å²) >= 11 is 0. The fraction of sp³-hybridized carbons (Fsp3) is 0.833. The van der Waals surface area contributed by atoms with Gasteiger partial charge in [-0.05, 0) is 12.8 Å². The molecule has 0 aromatic heterocycles. The Bertz CT molecular complexity index is 224. The Hall–Kier alpha value is -1.10. The van der Waals surface area contributed by atoms with Gasteiger partial charge in [-0.2, -0.15) is 0 Å². The van der Waals surface area contributed by atoms with Gasteiger partial charge in [-0.1, -0.05) is 26.7 Å². The van der Waals surface area contributed by atoms with E-state index in [1.165, 1.54) is 0 Å². The zero-order valence-electron chi connectivity index (χ0n) is 11.0. The van der Waals surface area contributed by atoms with E-state index in [0.29, 0.717) is 0 Å². The lowest BCUT2D eigenvalue weighted by Gasteiger charge is -2.22. The molecule has 0 heterocycles. The second-order valence-electron chi connectivity index (χ2n) is 4.07. The van der Waals surface area contributed by atoms with E-state index in [2.05, 4.69) is 19.2 Å². The monoisotopic (exact) mass is 243 g/mol. The van der Waals surface area contributed by atoms with Crippen molar-refractivity contribution in [3.8, 4) is 0 Å². The Kier molecular flexibility index (Phi) is 9.43. The smallest absolute Gasteiger partial charge is 0.241 e. The summed E-state index contributed by atoms with van der Waals surface area (Å²) in [5.41, 5.74) is 5.16. The second-order valence-corrected chi connectivity index (χ2v) is 4.07. The highest BCUT2D eigenvalue weighted by molar-refractivity contribution is 5.85. The molecule has 0 rings (SSSR count). The molecule has 5 heteroatoms. The third kappa shape index (κ3) is 7.74. The molecule has 0 aliphatic heterocycles. The molecule has 3 N–H and O–H groups in total. The van der Waals surface area contributed by atoms with Crippen LogP contribution in [0.2, 0.25) is 0 Å². The maximum Gasteiger partial charge on any atom is 0.241 e. The first kappa shape index (κ1) is 15.9. The number of amides is 2. The predicted octanol–water partition coefficient (Wildman–Crippen LogP) is 0.490. The van der Waals surface area contributed by atoms with Gasteiger partial charge in [0.1, 0.15) is 0 Å². The van der Waals surface area contributed by atoms with Crippen LogP contribution < -0.4 is 11.1 Å². The third-order valence-electron chi connectivity index (χ3n) is 2.54. The summed E-state index contributed by atoms with van der Waals surface area (Å²) in [6.07, 6.45) is 4.12. The molecule has 0 atom stereocenters. The quantitative estimate of drug-likeness (QED) is 0.619. The first-order valence-electron chi connectivity index (χ1n) is 6.40. The van der Waals surface area contributed by atoms with Crippen molar-refractivity contribution < 1.29 is 9.59 Å². The van der Waals surface area contributed by atoms with E-state index < -0.39 is 0 Å². The molecule has 0 spiro atoms. The van der Waals surface area contributed by atoms with Crippen LogP contribution in [0.3, 0.4) is 0 Å². The van der Waals surface area contributed by atoms with Gasteiger partial charge in [-0.3, -0.25) is 9.59 Å². The van der Waals surface area contributed by atoms with Crippen LogP contribution in [0.1, 0.15) is 39.5 Å². The molecule has 0 aliphatic rings. The highest BCUT2D eigenvalue weighted by Gasteiger charge is 2.12. The van der Waals surface area contributed by atoms with Crippen molar-refractivity contribution in [2.24, 2.45) is 5.73 Å². The maximum absolute atomic E-state index is 11.8. The van der Waals surface area contributed by atoms with Gasteiger partial charge in [0.05, 0.1) is 13.1 Å². The summed E-state index contributed by atoms with van der Waals surface area (Å²) in [5.74, 6) is -0.307. The van der Waals surface area contributed by atoms with E-state index in [-0.39, 0.29) is 24.9 Å². The number of unbranched alkanes of at least 4 members (excludes halogenated alkanes) is 2. The molecule has 2 amide bonds. The van der Waals surface area contributed by atoms with E-state index >= 15 is 0 Å². The van der Waals surface area contributed by atoms with Crippen molar-refractivity contribution in [1.29, 1.82) is 0 Å². The maximum atomic E-state index is 11.8. The molecule has 0 saturated heterocycles. The van der Waals surface area contributed by atoms with Crippen LogP contribution >= 0.6 is 0 Å². The molecule has 5 nitrogen and oxygen atoms in total. The molecule has 17 heavy (non-hydrogen) atoms. The summed E-state index contributed by atoms with van der Waals surface area (Å²) in [6, 6.07) is 0. The van der Waals surface area contributed by atoms with Crippen LogP contribution in [-0.4, -0.2) is 42.9 Å². The number of rotatable bonds is 9. The first-order valence-corrected chi connectivity index (χ1v) is 6.40. The average molecular weight is 243 g/mol. The minimum absolute atomic E-state index is 0.0197. The van der Waals surface area contributed by atoms with Gasteiger partial charge in [0.2, 0.25) is 11.8 Å². The van der Waals surface area contributed by atoms with Gasteiger partial charge in [-0.25, -0.2) is 0 Å². The Morgan fingerprint density at radius 1 is 1.12 bits per heavy atom. The van der Waals surface area contributed by atoms with E-state index in [0.717, 1.165) is 38.8 Å². The topological polar surface area (TPSA) is 75.4 Å². The molecule has 0 aliphatic carbocycles. The number of hydrogen-bond donors (Lipinski definition) is 2. The summed E-state index contributed by atoms with van der Waals surface area (Å²) in [7, 11) is 0. The van der Waals surface area contributed by atoms with Gasteiger partial charge < -0.3 is 16.0 Å². The Labute approximate surface area is 104 Å². The second kappa shape index (κ2) is 10.1. The molecule has 0 aromatic rings. The lowest BCUT2D eigenvalue weighted by atomic mass is 10.2. The molecule has 0 fully saturated rings. The van der Waals surface area contributed by atoms with Crippen molar-refractivity contribution in [1.82, 2.24) is 10.2 Å². The van der Waals surface area contributed by atoms with E-state index in [4.69, 9.17) is 5.73 Å². The van der Waals surface area contributed by atoms with Crippen molar-refractivity contribution in [2.75, 3.05) is 26.2 Å². The van der Waals surface area contributed by atoms with Crippen molar-refractivity contribution >= 4 is 11.8 Å². The predicted molar refractivity (Wildman–Crippen MR) is 68.5 cm³/mol. The minimum atomic E-state index is -0.288. The van der Waals surface area contributed by atoms with Crippen LogP contribution in [0.25, 0.3) is 0 Å². The van der Waals surface area contributed by atoms with Crippen molar-refractivity contribution in [3.63, 3.8) is 0 Å². The van der Waals surface area contributed by atoms with Gasteiger partial charge in [0, 0.05) is 13.1 Å². The molecular formula is C12H25N3O2. The fourth-order valence-corrected chi connectivity index (χ4v) is 1.42. The first-order chi connectivity index (χ1) is 8.15. The van der Waals surface area contributed by atoms with E-state index in [1.807, 2.05) is 4.90 Å². The van der Waals surface area contributed by atoms with E-state index in [1.54, 1.807) is 0 Å². The number of hydrogen-bond acceptors (Lipinski definition) is 3. The van der Waals surface area contributed by atoms with Crippen molar-refractivity contribution in [2.45, 2.75) is 39.5 Å². The number of nitrogens with zero attached hydrogens (tertiary/aromatic N) is 1. The van der Waals surface area contributed by atoms with Crippen LogP contribution in [0.4, 0.5) is 0 Å². The van der Waals surface area contributed by atoms with E-state index in [9.17, 15) is 9.59 Å². The zero-order valence-corrected chi connectivity index (χ0v) is 11.0. The summed E-state index contributed by atoms with van der Waals surface area (Å²) in [5, 5.41) is 2.51. The Balaban J connectivity index is 4.06. The van der Waals surface area contributed by atoms with Gasteiger partial charge in [0.15, 0.2) is 0 Å². The third-order valence-corrected chi connectivity index (χ3v) is 2.54. The van der Waals surface area contributed by atoms with Crippen LogP contribution in [0, 0.1) is 0 Å². The molecule has 100 valence electrons. The summed E-state index contributed by atoms with van der Waals surface area (Å²) in [6.45, 7) is 5.72. The number of nitrogens with two attached hydrogens (primary N) is 1. The normalized spacial score (nSPS) is 10.1. The molecular weight excluding hydrogens is 218 g/mol. The number of carbonyl (C=O) groups excluding carboxylic acids is 2.